The number of carbonyl (C=O) groups is 2. The van der Waals surface area contributed by atoms with Crippen LogP contribution in [0.5, 0.6) is 0 Å². The van der Waals surface area contributed by atoms with Gasteiger partial charge in [-0.05, 0) is 25.5 Å². The summed E-state index contributed by atoms with van der Waals surface area (Å²) in [5, 5.41) is 4.31. The largest absolute Gasteiger partial charge is 0.352 e. The second-order valence-electron chi connectivity index (χ2n) is 6.95. The van der Waals surface area contributed by atoms with Crippen LogP contribution in [0, 0.1) is 6.92 Å². The molecule has 0 aromatic carbocycles. The van der Waals surface area contributed by atoms with Crippen LogP contribution in [-0.4, -0.2) is 58.8 Å². The molecule has 31 heavy (non-hydrogen) atoms. The number of piperidine rings is 1. The normalized spacial score (nSPS) is 14.5. The number of amides is 2. The van der Waals surface area contributed by atoms with E-state index in [4.69, 9.17) is 28.0 Å². The standard InChI is InChI=1S/C19H24Cl2N6O3S/c1-4-31-13-9-12(17(28)26-30-3)24-19(25-13)27-7-5-11(6-8-27)23-18(29)16-15(21)14(20)10(2)22-16/h9,11,22H,4-8H2,1-3H3,(H,23,29)(H,26,28). The molecule has 0 atom stereocenters. The lowest BCUT2D eigenvalue weighted by molar-refractivity contribution is 0.0532. The van der Waals surface area contributed by atoms with Crippen molar-refractivity contribution in [2.75, 3.05) is 30.9 Å². The monoisotopic (exact) mass is 486 g/mol. The molecule has 0 aliphatic carbocycles. The van der Waals surface area contributed by atoms with Crippen LogP contribution < -0.4 is 15.7 Å². The van der Waals surface area contributed by atoms with E-state index in [1.54, 1.807) is 13.0 Å². The first-order valence-corrected chi connectivity index (χ1v) is 11.5. The van der Waals surface area contributed by atoms with Gasteiger partial charge >= 0.3 is 0 Å². The fraction of sp³-hybridized carbons (Fsp3) is 0.474. The Morgan fingerprint density at radius 1 is 1.26 bits per heavy atom. The molecule has 0 bridgehead atoms. The summed E-state index contributed by atoms with van der Waals surface area (Å²) in [6.07, 6.45) is 1.40. The van der Waals surface area contributed by atoms with Gasteiger partial charge in [-0.25, -0.2) is 15.4 Å². The van der Waals surface area contributed by atoms with Crippen molar-refractivity contribution in [3.63, 3.8) is 0 Å². The third-order valence-corrected chi connectivity index (χ3v) is 6.55. The van der Waals surface area contributed by atoms with Crippen LogP contribution >= 0.6 is 35.0 Å². The predicted octanol–water partition coefficient (Wildman–Crippen LogP) is 3.22. The number of aromatic nitrogens is 3. The molecule has 1 aliphatic rings. The number of nitrogens with one attached hydrogen (secondary N) is 3. The van der Waals surface area contributed by atoms with Crippen molar-refractivity contribution in [2.24, 2.45) is 0 Å². The highest BCUT2D eigenvalue weighted by atomic mass is 35.5. The number of carbonyl (C=O) groups excluding carboxylic acids is 2. The Bertz CT molecular complexity index is 962. The molecule has 3 rings (SSSR count). The lowest BCUT2D eigenvalue weighted by Gasteiger charge is -2.32. The maximum absolute atomic E-state index is 12.6. The molecule has 12 heteroatoms. The molecule has 0 saturated carbocycles. The molecule has 9 nitrogen and oxygen atoms in total. The van der Waals surface area contributed by atoms with E-state index >= 15 is 0 Å². The van der Waals surface area contributed by atoms with Crippen molar-refractivity contribution in [3.05, 3.63) is 33.2 Å². The van der Waals surface area contributed by atoms with Gasteiger partial charge in [-0.3, -0.25) is 14.4 Å². The van der Waals surface area contributed by atoms with Crippen molar-refractivity contribution in [3.8, 4) is 0 Å². The molecule has 2 aromatic rings. The zero-order valence-electron chi connectivity index (χ0n) is 17.4. The van der Waals surface area contributed by atoms with Crippen molar-refractivity contribution >= 4 is 52.7 Å². The summed E-state index contributed by atoms with van der Waals surface area (Å²) in [6, 6.07) is 1.62. The molecule has 1 aliphatic heterocycles. The minimum Gasteiger partial charge on any atom is -0.352 e. The van der Waals surface area contributed by atoms with Crippen LogP contribution in [0.3, 0.4) is 0 Å². The third-order valence-electron chi connectivity index (χ3n) is 4.80. The lowest BCUT2D eigenvalue weighted by atomic mass is 10.1. The Kier molecular flexibility index (Phi) is 8.04. The SMILES string of the molecule is CCSc1cc(C(=O)NOC)nc(N2CCC(NC(=O)c3[nH]c(C)c(Cl)c3Cl)CC2)n1. The maximum Gasteiger partial charge on any atom is 0.293 e. The highest BCUT2D eigenvalue weighted by Crippen LogP contribution is 2.29. The summed E-state index contributed by atoms with van der Waals surface area (Å²) < 4.78 is 0. The van der Waals surface area contributed by atoms with Gasteiger partial charge in [0.1, 0.15) is 16.4 Å². The van der Waals surface area contributed by atoms with Crippen molar-refractivity contribution in [2.45, 2.75) is 37.8 Å². The van der Waals surface area contributed by atoms with Crippen LogP contribution in [0.1, 0.15) is 46.4 Å². The fourth-order valence-corrected chi connectivity index (χ4v) is 4.30. The summed E-state index contributed by atoms with van der Waals surface area (Å²) in [5.41, 5.74) is 3.46. The summed E-state index contributed by atoms with van der Waals surface area (Å²) in [6.45, 7) is 5.04. The molecule has 0 radical (unpaired) electrons. The lowest BCUT2D eigenvalue weighted by Crippen LogP contribution is -2.45. The number of H-pyrrole nitrogens is 1. The first-order valence-electron chi connectivity index (χ1n) is 9.78. The number of aromatic amines is 1. The van der Waals surface area contributed by atoms with Crippen molar-refractivity contribution in [1.82, 2.24) is 25.7 Å². The van der Waals surface area contributed by atoms with Crippen LogP contribution in [0.25, 0.3) is 0 Å². The highest BCUT2D eigenvalue weighted by Gasteiger charge is 2.26. The number of hydrogen-bond donors (Lipinski definition) is 3. The van der Waals surface area contributed by atoms with Gasteiger partial charge in [0, 0.05) is 30.9 Å². The number of anilines is 1. The first-order chi connectivity index (χ1) is 14.8. The fourth-order valence-electron chi connectivity index (χ4n) is 3.25. The number of hydrogen-bond acceptors (Lipinski definition) is 7. The number of halogens is 2. The number of aryl methyl sites for hydroxylation is 1. The quantitative estimate of drug-likeness (QED) is 0.312. The van der Waals surface area contributed by atoms with Gasteiger partial charge in [-0.1, -0.05) is 30.1 Å². The third kappa shape index (κ3) is 5.62. The Morgan fingerprint density at radius 3 is 2.55 bits per heavy atom. The van der Waals surface area contributed by atoms with Gasteiger partial charge in [0.05, 0.1) is 17.2 Å². The molecular weight excluding hydrogens is 463 g/mol. The molecule has 2 aromatic heterocycles. The Labute approximate surface area is 194 Å². The van der Waals surface area contributed by atoms with Gasteiger partial charge in [-0.2, -0.15) is 0 Å². The van der Waals surface area contributed by atoms with Crippen LogP contribution in [0.15, 0.2) is 11.1 Å². The van der Waals surface area contributed by atoms with E-state index in [-0.39, 0.29) is 28.4 Å². The molecule has 1 fully saturated rings. The van der Waals surface area contributed by atoms with Gasteiger partial charge in [0.15, 0.2) is 0 Å². The molecule has 168 valence electrons. The Hall–Kier alpha value is -2.01. The topological polar surface area (TPSA) is 112 Å². The summed E-state index contributed by atoms with van der Waals surface area (Å²) in [4.78, 5) is 43.4. The average Bonchev–Trinajstić information content (AvgIpc) is 3.02. The summed E-state index contributed by atoms with van der Waals surface area (Å²) >= 11 is 13.7. The minimum atomic E-state index is -0.428. The van der Waals surface area contributed by atoms with Gasteiger partial charge in [0.2, 0.25) is 5.95 Å². The Balaban J connectivity index is 1.66. The molecule has 2 amide bonds. The van der Waals surface area contributed by atoms with E-state index < -0.39 is 5.91 Å². The second kappa shape index (κ2) is 10.5. The van der Waals surface area contributed by atoms with Crippen LogP contribution in [-0.2, 0) is 4.84 Å². The zero-order valence-corrected chi connectivity index (χ0v) is 19.7. The van der Waals surface area contributed by atoms with Crippen molar-refractivity contribution < 1.29 is 14.4 Å². The molecule has 3 N–H and O–H groups in total. The molecule has 0 unspecified atom stereocenters. The van der Waals surface area contributed by atoms with Crippen molar-refractivity contribution in [1.29, 1.82) is 0 Å². The average molecular weight is 487 g/mol. The van der Waals surface area contributed by atoms with E-state index in [1.807, 2.05) is 11.8 Å². The van der Waals surface area contributed by atoms with E-state index in [0.29, 0.717) is 42.6 Å². The van der Waals surface area contributed by atoms with E-state index in [9.17, 15) is 9.59 Å². The number of hydroxylamine groups is 1. The van der Waals surface area contributed by atoms with Gasteiger partial charge in [0.25, 0.3) is 11.8 Å². The van der Waals surface area contributed by atoms with E-state index in [2.05, 4.69) is 25.7 Å². The van der Waals surface area contributed by atoms with Gasteiger partial charge in [-0.15, -0.1) is 11.8 Å². The van der Waals surface area contributed by atoms with Crippen LogP contribution in [0.4, 0.5) is 5.95 Å². The predicted molar refractivity (Wildman–Crippen MR) is 121 cm³/mol. The molecule has 0 spiro atoms. The first kappa shape index (κ1) is 23.6. The zero-order chi connectivity index (χ0) is 22.5. The summed E-state index contributed by atoms with van der Waals surface area (Å²) in [7, 11) is 1.37. The minimum absolute atomic E-state index is 0.0216. The number of rotatable bonds is 7. The number of nitrogens with zero attached hydrogens (tertiary/aromatic N) is 3. The Morgan fingerprint density at radius 2 is 1.97 bits per heavy atom. The molecule has 3 heterocycles. The maximum atomic E-state index is 12.6. The van der Waals surface area contributed by atoms with Crippen LogP contribution in [0.2, 0.25) is 10.0 Å². The number of thioether (sulfide) groups is 1. The van der Waals surface area contributed by atoms with Gasteiger partial charge < -0.3 is 15.2 Å². The molecule has 1 saturated heterocycles. The summed E-state index contributed by atoms with van der Waals surface area (Å²) in [5.74, 6) is 0.595. The van der Waals surface area contributed by atoms with E-state index in [1.165, 1.54) is 18.9 Å². The smallest absolute Gasteiger partial charge is 0.293 e. The second-order valence-corrected chi connectivity index (χ2v) is 8.99. The van der Waals surface area contributed by atoms with E-state index in [0.717, 1.165) is 10.8 Å². The highest BCUT2D eigenvalue weighted by molar-refractivity contribution is 7.99. The molecular formula is C19H24Cl2N6O3S.